The maximum Gasteiger partial charge on any atom is 0.156 e. The number of nitrogens with zero attached hydrogens (tertiary/aromatic N) is 1. The smallest absolute Gasteiger partial charge is 0.156 e. The average molecular weight is 370 g/mol. The van der Waals surface area contributed by atoms with Crippen molar-refractivity contribution in [3.05, 3.63) is 83.9 Å². The predicted octanol–water partition coefficient (Wildman–Crippen LogP) is 6.18. The van der Waals surface area contributed by atoms with Gasteiger partial charge in [0, 0.05) is 6.54 Å². The number of fused-ring (bicyclic) bond motifs is 1. The summed E-state index contributed by atoms with van der Waals surface area (Å²) in [6.45, 7) is 7.58. The first-order chi connectivity index (χ1) is 13.5. The highest BCUT2D eigenvalue weighted by molar-refractivity contribution is 6.02. The van der Waals surface area contributed by atoms with Gasteiger partial charge in [0.05, 0.1) is 10.9 Å². The molecule has 0 saturated carbocycles. The third-order valence-electron chi connectivity index (χ3n) is 5.20. The number of hydrogen-bond donors (Lipinski definition) is 2. The van der Waals surface area contributed by atoms with Crippen LogP contribution in [0.1, 0.15) is 31.9 Å². The van der Waals surface area contributed by atoms with E-state index in [1.54, 1.807) is 0 Å². The summed E-state index contributed by atoms with van der Waals surface area (Å²) in [6.07, 6.45) is 0.970. The summed E-state index contributed by atoms with van der Waals surface area (Å²) in [6, 6.07) is 25.8. The molecule has 4 rings (SSSR count). The van der Waals surface area contributed by atoms with Crippen LogP contribution in [-0.2, 0) is 11.8 Å². The molecule has 0 aliphatic rings. The van der Waals surface area contributed by atoms with Gasteiger partial charge in [-0.2, -0.15) is 5.10 Å². The van der Waals surface area contributed by atoms with E-state index in [1.807, 2.05) is 0 Å². The third kappa shape index (κ3) is 3.79. The molecule has 0 unspecified atom stereocenters. The average Bonchev–Trinajstić information content (AvgIpc) is 3.12. The number of H-pyrrole nitrogens is 1. The van der Waals surface area contributed by atoms with Gasteiger partial charge in [0.25, 0.3) is 0 Å². The lowest BCUT2D eigenvalue weighted by atomic mass is 9.86. The Bertz CT molecular complexity index is 1050. The van der Waals surface area contributed by atoms with Crippen LogP contribution in [0.4, 0.5) is 5.82 Å². The molecule has 28 heavy (non-hydrogen) atoms. The maximum absolute atomic E-state index is 4.53. The van der Waals surface area contributed by atoms with Gasteiger partial charge in [-0.05, 0) is 40.2 Å². The number of nitrogens with one attached hydrogen (secondary N) is 2. The Balaban J connectivity index is 1.61. The van der Waals surface area contributed by atoms with Crippen molar-refractivity contribution in [2.24, 2.45) is 0 Å². The Labute approximate surface area is 166 Å². The van der Waals surface area contributed by atoms with Gasteiger partial charge in [-0.25, -0.2) is 0 Å². The number of rotatable bonds is 5. The summed E-state index contributed by atoms with van der Waals surface area (Å²) in [5.41, 5.74) is 6.30. The molecule has 2 N–H and O–H groups in total. The standard InChI is InChI=1S/C25H27N3/c1-25(2,3)20-14-12-19(13-15-20)21-10-7-11-22-23(21)24(28-27-22)26-17-16-18-8-5-4-6-9-18/h4-15H,16-17H2,1-3H3,(H2,26,27,28). The van der Waals surface area contributed by atoms with Crippen molar-refractivity contribution in [3.8, 4) is 11.1 Å². The topological polar surface area (TPSA) is 40.7 Å². The minimum Gasteiger partial charge on any atom is -0.368 e. The highest BCUT2D eigenvalue weighted by Gasteiger charge is 2.15. The van der Waals surface area contributed by atoms with Crippen molar-refractivity contribution in [1.29, 1.82) is 0 Å². The fourth-order valence-electron chi connectivity index (χ4n) is 3.56. The zero-order chi connectivity index (χ0) is 19.6. The summed E-state index contributed by atoms with van der Waals surface area (Å²) < 4.78 is 0. The van der Waals surface area contributed by atoms with Crippen LogP contribution >= 0.6 is 0 Å². The van der Waals surface area contributed by atoms with E-state index in [2.05, 4.69) is 109 Å². The summed E-state index contributed by atoms with van der Waals surface area (Å²) in [4.78, 5) is 0. The molecule has 0 aliphatic carbocycles. The van der Waals surface area contributed by atoms with E-state index in [-0.39, 0.29) is 5.41 Å². The van der Waals surface area contributed by atoms with Gasteiger partial charge < -0.3 is 5.32 Å². The summed E-state index contributed by atoms with van der Waals surface area (Å²) in [7, 11) is 0. The van der Waals surface area contributed by atoms with Gasteiger partial charge in [0.1, 0.15) is 0 Å². The molecule has 142 valence electrons. The molecule has 0 fully saturated rings. The van der Waals surface area contributed by atoms with E-state index in [0.717, 1.165) is 29.7 Å². The highest BCUT2D eigenvalue weighted by Crippen LogP contribution is 2.33. The first-order valence-electron chi connectivity index (χ1n) is 9.88. The van der Waals surface area contributed by atoms with Crippen LogP contribution in [0.25, 0.3) is 22.0 Å². The first-order valence-corrected chi connectivity index (χ1v) is 9.88. The van der Waals surface area contributed by atoms with Crippen molar-refractivity contribution in [2.45, 2.75) is 32.6 Å². The molecule has 0 atom stereocenters. The molecule has 1 aromatic heterocycles. The number of anilines is 1. The van der Waals surface area contributed by atoms with Gasteiger partial charge in [-0.1, -0.05) is 87.5 Å². The van der Waals surface area contributed by atoms with Gasteiger partial charge in [0.2, 0.25) is 0 Å². The van der Waals surface area contributed by atoms with Crippen molar-refractivity contribution in [2.75, 3.05) is 11.9 Å². The van der Waals surface area contributed by atoms with Crippen LogP contribution in [0.5, 0.6) is 0 Å². The minimum atomic E-state index is 0.157. The second-order valence-electron chi connectivity index (χ2n) is 8.29. The van der Waals surface area contributed by atoms with Gasteiger partial charge >= 0.3 is 0 Å². The number of aromatic nitrogens is 2. The SMILES string of the molecule is CC(C)(C)c1ccc(-c2cccc3[nH]nc(NCCc4ccccc4)c23)cc1. The highest BCUT2D eigenvalue weighted by atomic mass is 15.2. The molecule has 0 amide bonds. The Morgan fingerprint density at radius 3 is 2.32 bits per heavy atom. The first kappa shape index (κ1) is 18.3. The lowest BCUT2D eigenvalue weighted by Gasteiger charge is -2.19. The Morgan fingerprint density at radius 2 is 1.61 bits per heavy atom. The monoisotopic (exact) mass is 369 g/mol. The van der Waals surface area contributed by atoms with E-state index in [1.165, 1.54) is 22.3 Å². The third-order valence-corrected chi connectivity index (χ3v) is 5.20. The van der Waals surface area contributed by atoms with Gasteiger partial charge in [-0.15, -0.1) is 0 Å². The molecule has 1 heterocycles. The Kier molecular flexibility index (Phi) is 4.91. The summed E-state index contributed by atoms with van der Waals surface area (Å²) in [5, 5.41) is 12.4. The van der Waals surface area contributed by atoms with Crippen LogP contribution in [0.3, 0.4) is 0 Å². The second kappa shape index (κ2) is 7.51. The van der Waals surface area contributed by atoms with Crippen molar-refractivity contribution in [1.82, 2.24) is 10.2 Å². The molecular weight excluding hydrogens is 342 g/mol. The number of benzene rings is 3. The van der Waals surface area contributed by atoms with E-state index < -0.39 is 0 Å². The van der Waals surface area contributed by atoms with E-state index in [4.69, 9.17) is 0 Å². The Hall–Kier alpha value is -3.07. The lowest BCUT2D eigenvalue weighted by molar-refractivity contribution is 0.590. The van der Waals surface area contributed by atoms with Crippen LogP contribution in [0, 0.1) is 0 Å². The number of hydrogen-bond acceptors (Lipinski definition) is 2. The van der Waals surface area contributed by atoms with Crippen molar-refractivity contribution >= 4 is 16.7 Å². The van der Waals surface area contributed by atoms with Crippen molar-refractivity contribution < 1.29 is 0 Å². The van der Waals surface area contributed by atoms with Crippen LogP contribution < -0.4 is 5.32 Å². The summed E-state index contributed by atoms with van der Waals surface area (Å²) >= 11 is 0. The lowest BCUT2D eigenvalue weighted by Crippen LogP contribution is -2.10. The van der Waals surface area contributed by atoms with E-state index >= 15 is 0 Å². The normalized spacial score (nSPS) is 11.7. The van der Waals surface area contributed by atoms with Gasteiger partial charge in [0.15, 0.2) is 5.82 Å². The number of aromatic amines is 1. The van der Waals surface area contributed by atoms with Crippen LogP contribution in [0.2, 0.25) is 0 Å². The molecule has 0 bridgehead atoms. The molecule has 4 aromatic rings. The van der Waals surface area contributed by atoms with Gasteiger partial charge in [-0.3, -0.25) is 5.10 Å². The molecule has 0 aliphatic heterocycles. The fourth-order valence-corrected chi connectivity index (χ4v) is 3.56. The molecule has 0 radical (unpaired) electrons. The molecule has 3 nitrogen and oxygen atoms in total. The molecule has 0 spiro atoms. The predicted molar refractivity (Wildman–Crippen MR) is 119 cm³/mol. The largest absolute Gasteiger partial charge is 0.368 e. The Morgan fingerprint density at radius 1 is 0.857 bits per heavy atom. The van der Waals surface area contributed by atoms with Crippen LogP contribution in [-0.4, -0.2) is 16.7 Å². The zero-order valence-electron chi connectivity index (χ0n) is 16.8. The quantitative estimate of drug-likeness (QED) is 0.441. The zero-order valence-corrected chi connectivity index (χ0v) is 16.8. The molecular formula is C25H27N3. The maximum atomic E-state index is 4.53. The molecule has 3 aromatic carbocycles. The molecule has 0 saturated heterocycles. The van der Waals surface area contributed by atoms with Crippen molar-refractivity contribution in [3.63, 3.8) is 0 Å². The second-order valence-corrected chi connectivity index (χ2v) is 8.29. The van der Waals surface area contributed by atoms with E-state index in [0.29, 0.717) is 0 Å². The molecule has 3 heteroatoms. The van der Waals surface area contributed by atoms with Crippen LogP contribution in [0.15, 0.2) is 72.8 Å². The fraction of sp³-hybridized carbons (Fsp3) is 0.240. The summed E-state index contributed by atoms with van der Waals surface area (Å²) in [5.74, 6) is 0.918. The van der Waals surface area contributed by atoms with E-state index in [9.17, 15) is 0 Å². The minimum absolute atomic E-state index is 0.157.